The highest BCUT2D eigenvalue weighted by Gasteiger charge is 2.17. The van der Waals surface area contributed by atoms with Gasteiger partial charge in [0.15, 0.2) is 11.6 Å². The lowest BCUT2D eigenvalue weighted by Crippen LogP contribution is -2.33. The number of hydrogen-bond acceptors (Lipinski definition) is 5. The molecule has 8 heteroatoms. The van der Waals surface area contributed by atoms with Gasteiger partial charge in [0.1, 0.15) is 11.5 Å². The van der Waals surface area contributed by atoms with Gasteiger partial charge in [-0.05, 0) is 48.6 Å². The summed E-state index contributed by atoms with van der Waals surface area (Å²) in [5.74, 6) is -1.25. The number of phenols is 1. The number of primary amides is 1. The molecule has 2 rings (SSSR count). The SMILES string of the molecule is CCCCOC(=O)N(CCC(C)C)Cc1ccc(Oc2ccc(C(N)=O)c(O)c2)c(F)c1. The monoisotopic (exact) mass is 446 g/mol. The second-order valence-corrected chi connectivity index (χ2v) is 7.98. The van der Waals surface area contributed by atoms with Gasteiger partial charge in [-0.2, -0.15) is 0 Å². The first-order valence-electron chi connectivity index (χ1n) is 10.7. The molecule has 0 spiro atoms. The number of hydrogen-bond donors (Lipinski definition) is 2. The molecule has 7 nitrogen and oxygen atoms in total. The minimum Gasteiger partial charge on any atom is -0.507 e. The van der Waals surface area contributed by atoms with E-state index in [9.17, 15) is 19.1 Å². The summed E-state index contributed by atoms with van der Waals surface area (Å²) < 4.78 is 25.5. The van der Waals surface area contributed by atoms with Gasteiger partial charge in [-0.1, -0.05) is 33.3 Å². The van der Waals surface area contributed by atoms with Gasteiger partial charge in [0, 0.05) is 19.2 Å². The topological polar surface area (TPSA) is 102 Å². The van der Waals surface area contributed by atoms with Crippen LogP contribution in [0.15, 0.2) is 36.4 Å². The molecule has 2 aromatic rings. The smallest absolute Gasteiger partial charge is 0.410 e. The molecular formula is C24H31FN2O5. The maximum Gasteiger partial charge on any atom is 0.410 e. The maximum atomic E-state index is 14.7. The molecular weight excluding hydrogens is 415 g/mol. The lowest BCUT2D eigenvalue weighted by Gasteiger charge is -2.23. The Morgan fingerprint density at radius 1 is 1.19 bits per heavy atom. The van der Waals surface area contributed by atoms with Crippen molar-refractivity contribution in [2.45, 2.75) is 46.6 Å². The molecule has 32 heavy (non-hydrogen) atoms. The number of rotatable bonds is 11. The quantitative estimate of drug-likeness (QED) is 0.462. The van der Waals surface area contributed by atoms with Crippen molar-refractivity contribution >= 4 is 12.0 Å². The fourth-order valence-corrected chi connectivity index (χ4v) is 2.90. The number of halogens is 1. The molecule has 0 aliphatic rings. The molecule has 0 heterocycles. The van der Waals surface area contributed by atoms with Gasteiger partial charge >= 0.3 is 6.09 Å². The number of benzene rings is 2. The first-order valence-corrected chi connectivity index (χ1v) is 10.7. The van der Waals surface area contributed by atoms with Crippen molar-refractivity contribution in [3.05, 3.63) is 53.3 Å². The van der Waals surface area contributed by atoms with Gasteiger partial charge in [-0.25, -0.2) is 9.18 Å². The minimum absolute atomic E-state index is 0.0551. The highest BCUT2D eigenvalue weighted by Crippen LogP contribution is 2.29. The number of unbranched alkanes of at least 4 members (excludes halogenated alkanes) is 1. The zero-order chi connectivity index (χ0) is 23.7. The highest BCUT2D eigenvalue weighted by atomic mass is 19.1. The van der Waals surface area contributed by atoms with E-state index in [0.29, 0.717) is 24.6 Å². The second kappa shape index (κ2) is 11.9. The van der Waals surface area contributed by atoms with Crippen molar-refractivity contribution in [3.63, 3.8) is 0 Å². The van der Waals surface area contributed by atoms with Crippen LogP contribution in [0.3, 0.4) is 0 Å². The first-order chi connectivity index (χ1) is 15.2. The Bertz CT molecular complexity index is 933. The van der Waals surface area contributed by atoms with Crippen LogP contribution in [0.1, 0.15) is 56.0 Å². The van der Waals surface area contributed by atoms with Gasteiger partial charge < -0.3 is 25.2 Å². The van der Waals surface area contributed by atoms with Crippen molar-refractivity contribution in [2.24, 2.45) is 11.7 Å². The standard InChI is InChI=1S/C24H31FN2O5/c1-4-5-12-31-24(30)27(11-10-16(2)3)15-17-6-9-22(20(25)13-17)32-18-7-8-19(23(26)29)21(28)14-18/h6-9,13-14,16,28H,4-5,10-12,15H2,1-3H3,(H2,26,29). The Balaban J connectivity index is 2.11. The summed E-state index contributed by atoms with van der Waals surface area (Å²) in [7, 11) is 0. The van der Waals surface area contributed by atoms with Crippen LogP contribution >= 0.6 is 0 Å². The van der Waals surface area contributed by atoms with Gasteiger partial charge in [0.05, 0.1) is 12.2 Å². The Labute approximate surface area is 187 Å². The molecule has 0 unspecified atom stereocenters. The number of ether oxygens (including phenoxy) is 2. The molecule has 0 aliphatic carbocycles. The molecule has 0 aliphatic heterocycles. The van der Waals surface area contributed by atoms with Crippen LogP contribution in [0.4, 0.5) is 9.18 Å². The fourth-order valence-electron chi connectivity index (χ4n) is 2.90. The van der Waals surface area contributed by atoms with Crippen LogP contribution < -0.4 is 10.5 Å². The van der Waals surface area contributed by atoms with E-state index in [1.165, 1.54) is 30.3 Å². The molecule has 0 fully saturated rings. The number of carbonyl (C=O) groups excluding carboxylic acids is 2. The summed E-state index contributed by atoms with van der Waals surface area (Å²) in [6.45, 7) is 7.23. The molecule has 2 amide bonds. The van der Waals surface area contributed by atoms with Gasteiger partial charge in [0.25, 0.3) is 5.91 Å². The van der Waals surface area contributed by atoms with E-state index in [1.807, 2.05) is 6.92 Å². The molecule has 174 valence electrons. The summed E-state index contributed by atoms with van der Waals surface area (Å²) in [6.07, 6.45) is 2.11. The predicted octanol–water partition coefficient (Wildman–Crippen LogP) is 5.21. The Kier molecular flexibility index (Phi) is 9.31. The number of carbonyl (C=O) groups is 2. The summed E-state index contributed by atoms with van der Waals surface area (Å²) in [4.78, 5) is 25.2. The van der Waals surface area contributed by atoms with Crippen LogP contribution in [-0.2, 0) is 11.3 Å². The van der Waals surface area contributed by atoms with Crippen molar-refractivity contribution < 1.29 is 28.6 Å². The molecule has 0 bridgehead atoms. The Hall–Kier alpha value is -3.29. The summed E-state index contributed by atoms with van der Waals surface area (Å²) in [5, 5.41) is 9.85. The largest absolute Gasteiger partial charge is 0.507 e. The summed E-state index contributed by atoms with van der Waals surface area (Å²) in [6, 6.07) is 8.32. The highest BCUT2D eigenvalue weighted by molar-refractivity contribution is 5.95. The predicted molar refractivity (Wildman–Crippen MR) is 119 cm³/mol. The number of nitrogens with two attached hydrogens (primary N) is 1. The van der Waals surface area contributed by atoms with E-state index in [4.69, 9.17) is 15.2 Å². The van der Waals surface area contributed by atoms with E-state index in [0.717, 1.165) is 19.3 Å². The van der Waals surface area contributed by atoms with Crippen LogP contribution in [0.5, 0.6) is 17.2 Å². The molecule has 2 aromatic carbocycles. The lowest BCUT2D eigenvalue weighted by atomic mass is 10.1. The van der Waals surface area contributed by atoms with E-state index in [2.05, 4.69) is 13.8 Å². The van der Waals surface area contributed by atoms with Crippen LogP contribution in [0, 0.1) is 11.7 Å². The molecule has 0 saturated heterocycles. The molecule has 0 aromatic heterocycles. The van der Waals surface area contributed by atoms with E-state index < -0.39 is 17.8 Å². The van der Waals surface area contributed by atoms with E-state index in [1.54, 1.807) is 11.0 Å². The summed E-state index contributed by atoms with van der Waals surface area (Å²) in [5.41, 5.74) is 5.69. The van der Waals surface area contributed by atoms with Gasteiger partial charge in [-0.3, -0.25) is 4.79 Å². The average Bonchev–Trinajstić information content (AvgIpc) is 2.72. The fraction of sp³-hybridized carbons (Fsp3) is 0.417. The third kappa shape index (κ3) is 7.44. The van der Waals surface area contributed by atoms with Gasteiger partial charge in [0.2, 0.25) is 0 Å². The zero-order valence-electron chi connectivity index (χ0n) is 18.8. The second-order valence-electron chi connectivity index (χ2n) is 7.98. The zero-order valence-corrected chi connectivity index (χ0v) is 18.8. The van der Waals surface area contributed by atoms with Crippen molar-refractivity contribution in [3.8, 4) is 17.2 Å². The number of aromatic hydroxyl groups is 1. The van der Waals surface area contributed by atoms with Crippen molar-refractivity contribution in [1.82, 2.24) is 4.90 Å². The normalized spacial score (nSPS) is 10.8. The number of amides is 2. The third-order valence-corrected chi connectivity index (χ3v) is 4.79. The molecule has 0 saturated carbocycles. The Morgan fingerprint density at radius 3 is 2.53 bits per heavy atom. The van der Waals surface area contributed by atoms with Crippen molar-refractivity contribution in [2.75, 3.05) is 13.2 Å². The summed E-state index contributed by atoms with van der Waals surface area (Å²) >= 11 is 0. The molecule has 0 atom stereocenters. The third-order valence-electron chi connectivity index (χ3n) is 4.79. The van der Waals surface area contributed by atoms with E-state index in [-0.39, 0.29) is 29.4 Å². The van der Waals surface area contributed by atoms with Crippen LogP contribution in [-0.4, -0.2) is 35.2 Å². The molecule has 0 radical (unpaired) electrons. The van der Waals surface area contributed by atoms with Crippen LogP contribution in [0.25, 0.3) is 0 Å². The first kappa shape index (κ1) is 25.0. The van der Waals surface area contributed by atoms with Crippen molar-refractivity contribution in [1.29, 1.82) is 0 Å². The minimum atomic E-state index is -0.778. The lowest BCUT2D eigenvalue weighted by molar-refractivity contribution is 0.0964. The van der Waals surface area contributed by atoms with Gasteiger partial charge in [-0.15, -0.1) is 0 Å². The average molecular weight is 447 g/mol. The van der Waals surface area contributed by atoms with Crippen LogP contribution in [0.2, 0.25) is 0 Å². The van der Waals surface area contributed by atoms with E-state index >= 15 is 0 Å². The Morgan fingerprint density at radius 2 is 1.94 bits per heavy atom. The molecule has 3 N–H and O–H groups in total. The number of nitrogens with zero attached hydrogens (tertiary/aromatic N) is 1. The maximum absolute atomic E-state index is 14.7.